The summed E-state index contributed by atoms with van der Waals surface area (Å²) in [6, 6.07) is 7.19. The van der Waals surface area contributed by atoms with Crippen molar-refractivity contribution in [3.63, 3.8) is 0 Å². The van der Waals surface area contributed by atoms with Gasteiger partial charge in [0.25, 0.3) is 0 Å². The van der Waals surface area contributed by atoms with E-state index in [1.54, 1.807) is 18.4 Å². The average Bonchev–Trinajstić information content (AvgIpc) is 2.74. The van der Waals surface area contributed by atoms with Crippen LogP contribution in [0.4, 0.5) is 5.69 Å². The molecule has 0 bridgehead atoms. The van der Waals surface area contributed by atoms with Gasteiger partial charge < -0.3 is 14.9 Å². The molecule has 0 aliphatic carbocycles. The van der Waals surface area contributed by atoms with Gasteiger partial charge in [-0.15, -0.1) is 0 Å². The standard InChI is InChI=1S/C12H12ClNO2/c1-8-5-11(14)10(13)6-12(8)16-7-9-3-2-4-15-9/h2-6H,7,14H2,1H3. The third-order valence-corrected chi connectivity index (χ3v) is 2.57. The molecule has 4 heteroatoms. The lowest BCUT2D eigenvalue weighted by Gasteiger charge is -2.09. The molecule has 1 aromatic carbocycles. The van der Waals surface area contributed by atoms with Gasteiger partial charge in [-0.05, 0) is 30.7 Å². The molecule has 3 nitrogen and oxygen atoms in total. The van der Waals surface area contributed by atoms with Crippen LogP contribution < -0.4 is 10.5 Å². The maximum Gasteiger partial charge on any atom is 0.146 e. The SMILES string of the molecule is Cc1cc(N)c(Cl)cc1OCc1ccco1. The van der Waals surface area contributed by atoms with Crippen LogP contribution in [-0.4, -0.2) is 0 Å². The van der Waals surface area contributed by atoms with E-state index in [9.17, 15) is 0 Å². The van der Waals surface area contributed by atoms with E-state index in [-0.39, 0.29) is 0 Å². The number of halogens is 1. The third kappa shape index (κ3) is 2.31. The number of rotatable bonds is 3. The Hall–Kier alpha value is -1.61. The highest BCUT2D eigenvalue weighted by Crippen LogP contribution is 2.28. The van der Waals surface area contributed by atoms with Crippen LogP contribution in [0.2, 0.25) is 5.02 Å². The fourth-order valence-electron chi connectivity index (χ4n) is 1.38. The predicted molar refractivity (Wildman–Crippen MR) is 63.6 cm³/mol. The first-order valence-electron chi connectivity index (χ1n) is 4.87. The molecule has 16 heavy (non-hydrogen) atoms. The van der Waals surface area contributed by atoms with Crippen molar-refractivity contribution in [2.75, 3.05) is 5.73 Å². The topological polar surface area (TPSA) is 48.4 Å². The summed E-state index contributed by atoms with van der Waals surface area (Å²) < 4.78 is 10.7. The van der Waals surface area contributed by atoms with Gasteiger partial charge >= 0.3 is 0 Å². The van der Waals surface area contributed by atoms with Gasteiger partial charge in [-0.1, -0.05) is 11.6 Å². The number of anilines is 1. The van der Waals surface area contributed by atoms with Crippen molar-refractivity contribution in [1.82, 2.24) is 0 Å². The Morgan fingerprint density at radius 2 is 2.25 bits per heavy atom. The number of hydrogen-bond acceptors (Lipinski definition) is 3. The lowest BCUT2D eigenvalue weighted by Crippen LogP contribution is -1.97. The number of nitrogen functional groups attached to an aromatic ring is 1. The van der Waals surface area contributed by atoms with Gasteiger partial charge in [-0.2, -0.15) is 0 Å². The maximum atomic E-state index is 5.92. The van der Waals surface area contributed by atoms with Gasteiger partial charge in [0, 0.05) is 6.07 Å². The third-order valence-electron chi connectivity index (χ3n) is 2.24. The maximum absolute atomic E-state index is 5.92. The first-order valence-corrected chi connectivity index (χ1v) is 5.25. The summed E-state index contributed by atoms with van der Waals surface area (Å²) in [6.07, 6.45) is 1.61. The van der Waals surface area contributed by atoms with E-state index in [1.807, 2.05) is 19.1 Å². The van der Waals surface area contributed by atoms with Crippen molar-refractivity contribution < 1.29 is 9.15 Å². The summed E-state index contributed by atoms with van der Waals surface area (Å²) in [5.74, 6) is 1.49. The van der Waals surface area contributed by atoms with Crippen molar-refractivity contribution in [2.24, 2.45) is 0 Å². The molecule has 2 rings (SSSR count). The molecule has 1 heterocycles. The first-order chi connectivity index (χ1) is 7.66. The Kier molecular flexibility index (Phi) is 3.06. The van der Waals surface area contributed by atoms with E-state index < -0.39 is 0 Å². The molecule has 1 aromatic heterocycles. The van der Waals surface area contributed by atoms with Crippen molar-refractivity contribution in [3.8, 4) is 5.75 Å². The van der Waals surface area contributed by atoms with E-state index in [0.717, 1.165) is 17.1 Å². The lowest BCUT2D eigenvalue weighted by atomic mass is 10.2. The highest BCUT2D eigenvalue weighted by molar-refractivity contribution is 6.33. The van der Waals surface area contributed by atoms with Gasteiger partial charge in [0.1, 0.15) is 18.1 Å². The second-order valence-electron chi connectivity index (χ2n) is 3.51. The minimum atomic E-state index is 0.383. The minimum absolute atomic E-state index is 0.383. The number of benzene rings is 1. The molecule has 2 aromatic rings. The first kappa shape index (κ1) is 10.9. The Balaban J connectivity index is 2.12. The van der Waals surface area contributed by atoms with Crippen LogP contribution in [0.15, 0.2) is 34.9 Å². The van der Waals surface area contributed by atoms with Crippen molar-refractivity contribution >= 4 is 17.3 Å². The molecular formula is C12H12ClNO2. The van der Waals surface area contributed by atoms with Gasteiger partial charge in [0.2, 0.25) is 0 Å². The smallest absolute Gasteiger partial charge is 0.146 e. The van der Waals surface area contributed by atoms with Crippen molar-refractivity contribution in [3.05, 3.63) is 46.9 Å². The van der Waals surface area contributed by atoms with Crippen LogP contribution in [-0.2, 0) is 6.61 Å². The van der Waals surface area contributed by atoms with Gasteiger partial charge in [-0.3, -0.25) is 0 Å². The Morgan fingerprint density at radius 3 is 2.94 bits per heavy atom. The number of hydrogen-bond donors (Lipinski definition) is 1. The summed E-state index contributed by atoms with van der Waals surface area (Å²) in [6.45, 7) is 2.30. The van der Waals surface area contributed by atoms with Gasteiger partial charge in [0.15, 0.2) is 0 Å². The molecule has 0 spiro atoms. The quantitative estimate of drug-likeness (QED) is 0.833. The van der Waals surface area contributed by atoms with Crippen LogP contribution in [0.1, 0.15) is 11.3 Å². The van der Waals surface area contributed by atoms with Crippen LogP contribution in [0.25, 0.3) is 0 Å². The fourth-order valence-corrected chi connectivity index (χ4v) is 1.54. The average molecular weight is 238 g/mol. The Bertz CT molecular complexity index is 480. The molecule has 84 valence electrons. The van der Waals surface area contributed by atoms with E-state index in [1.165, 1.54) is 0 Å². The monoisotopic (exact) mass is 237 g/mol. The molecule has 0 aliphatic rings. The number of ether oxygens (including phenoxy) is 1. The van der Waals surface area contributed by atoms with E-state index in [2.05, 4.69) is 0 Å². The highest BCUT2D eigenvalue weighted by Gasteiger charge is 2.05. The van der Waals surface area contributed by atoms with Crippen LogP contribution in [0, 0.1) is 6.92 Å². The second kappa shape index (κ2) is 4.49. The van der Waals surface area contributed by atoms with Crippen molar-refractivity contribution in [2.45, 2.75) is 13.5 Å². The molecule has 0 unspecified atom stereocenters. The molecule has 0 aliphatic heterocycles. The minimum Gasteiger partial charge on any atom is -0.485 e. The van der Waals surface area contributed by atoms with E-state index in [0.29, 0.717) is 17.3 Å². The van der Waals surface area contributed by atoms with Crippen LogP contribution in [0.3, 0.4) is 0 Å². The highest BCUT2D eigenvalue weighted by atomic mass is 35.5. The molecular weight excluding hydrogens is 226 g/mol. The van der Waals surface area contributed by atoms with Crippen LogP contribution >= 0.6 is 11.6 Å². The van der Waals surface area contributed by atoms with Crippen LogP contribution in [0.5, 0.6) is 5.75 Å². The fraction of sp³-hybridized carbons (Fsp3) is 0.167. The van der Waals surface area contributed by atoms with E-state index >= 15 is 0 Å². The summed E-state index contributed by atoms with van der Waals surface area (Å²) in [5.41, 5.74) is 7.19. The summed E-state index contributed by atoms with van der Waals surface area (Å²) >= 11 is 5.92. The normalized spacial score (nSPS) is 10.4. The summed E-state index contributed by atoms with van der Waals surface area (Å²) in [7, 11) is 0. The predicted octanol–water partition coefficient (Wildman–Crippen LogP) is 3.40. The number of furan rings is 1. The van der Waals surface area contributed by atoms with Gasteiger partial charge in [-0.25, -0.2) is 0 Å². The zero-order valence-corrected chi connectivity index (χ0v) is 9.62. The van der Waals surface area contributed by atoms with Crippen molar-refractivity contribution in [1.29, 1.82) is 0 Å². The zero-order valence-electron chi connectivity index (χ0n) is 8.87. The number of nitrogens with two attached hydrogens (primary N) is 1. The largest absolute Gasteiger partial charge is 0.485 e. The molecule has 0 radical (unpaired) electrons. The van der Waals surface area contributed by atoms with E-state index in [4.69, 9.17) is 26.5 Å². The molecule has 0 amide bonds. The summed E-state index contributed by atoms with van der Waals surface area (Å²) in [4.78, 5) is 0. The molecule has 0 saturated heterocycles. The molecule has 0 saturated carbocycles. The molecule has 0 atom stereocenters. The Morgan fingerprint density at radius 1 is 1.44 bits per heavy atom. The lowest BCUT2D eigenvalue weighted by molar-refractivity contribution is 0.269. The number of aryl methyl sites for hydroxylation is 1. The zero-order chi connectivity index (χ0) is 11.5. The molecule has 2 N–H and O–H groups in total. The molecule has 0 fully saturated rings. The Labute approximate surface area is 98.8 Å². The second-order valence-corrected chi connectivity index (χ2v) is 3.91. The van der Waals surface area contributed by atoms with Gasteiger partial charge in [0.05, 0.1) is 17.0 Å². The summed E-state index contributed by atoms with van der Waals surface area (Å²) in [5, 5.41) is 0.500.